The lowest BCUT2D eigenvalue weighted by Gasteiger charge is -2.23. The molecule has 2 heterocycles. The standard InChI is InChI=1S/C19H19N3O/c1-14-6-4-8-18(20-14)22(19-9-5-7-15(2)21-19)16-10-12-17(23-3)13-11-16/h4-13H,1-3H3. The number of hydrogen-bond acceptors (Lipinski definition) is 4. The summed E-state index contributed by atoms with van der Waals surface area (Å²) in [6.45, 7) is 3.97. The molecule has 3 rings (SSSR count). The summed E-state index contributed by atoms with van der Waals surface area (Å²) in [6.07, 6.45) is 0. The predicted octanol–water partition coefficient (Wildman–Crippen LogP) is 4.57. The van der Waals surface area contributed by atoms with Crippen LogP contribution in [0.1, 0.15) is 11.4 Å². The van der Waals surface area contributed by atoms with Crippen LogP contribution in [0.25, 0.3) is 0 Å². The van der Waals surface area contributed by atoms with E-state index in [1.165, 1.54) is 0 Å². The van der Waals surface area contributed by atoms with Gasteiger partial charge in [-0.1, -0.05) is 12.1 Å². The number of rotatable bonds is 4. The van der Waals surface area contributed by atoms with E-state index in [2.05, 4.69) is 9.97 Å². The average Bonchev–Trinajstić information content (AvgIpc) is 2.56. The van der Waals surface area contributed by atoms with E-state index < -0.39 is 0 Å². The maximum absolute atomic E-state index is 5.25. The predicted molar refractivity (Wildman–Crippen MR) is 92.7 cm³/mol. The average molecular weight is 305 g/mol. The molecular formula is C19H19N3O. The van der Waals surface area contributed by atoms with Gasteiger partial charge in [-0.2, -0.15) is 0 Å². The molecule has 2 aromatic heterocycles. The van der Waals surface area contributed by atoms with Crippen LogP contribution in [0.2, 0.25) is 0 Å². The molecule has 0 atom stereocenters. The lowest BCUT2D eigenvalue weighted by atomic mass is 10.2. The van der Waals surface area contributed by atoms with Crippen molar-refractivity contribution in [2.45, 2.75) is 13.8 Å². The maximum atomic E-state index is 5.25. The van der Waals surface area contributed by atoms with E-state index in [4.69, 9.17) is 4.74 Å². The number of pyridine rings is 2. The first-order chi connectivity index (χ1) is 11.2. The smallest absolute Gasteiger partial charge is 0.138 e. The number of nitrogens with zero attached hydrogens (tertiary/aromatic N) is 3. The lowest BCUT2D eigenvalue weighted by molar-refractivity contribution is 0.415. The topological polar surface area (TPSA) is 38.2 Å². The van der Waals surface area contributed by atoms with Crippen molar-refractivity contribution in [3.8, 4) is 5.75 Å². The van der Waals surface area contributed by atoms with Crippen LogP contribution in [0.5, 0.6) is 5.75 Å². The minimum absolute atomic E-state index is 0.822. The molecule has 1 aromatic carbocycles. The second-order valence-corrected chi connectivity index (χ2v) is 5.31. The summed E-state index contributed by atoms with van der Waals surface area (Å²) in [6, 6.07) is 19.8. The maximum Gasteiger partial charge on any atom is 0.138 e. The summed E-state index contributed by atoms with van der Waals surface area (Å²) < 4.78 is 5.25. The molecule has 4 nitrogen and oxygen atoms in total. The quantitative estimate of drug-likeness (QED) is 0.707. The molecule has 0 radical (unpaired) electrons. The zero-order valence-corrected chi connectivity index (χ0v) is 13.5. The molecule has 0 saturated carbocycles. The molecule has 0 N–H and O–H groups in total. The lowest BCUT2D eigenvalue weighted by Crippen LogP contribution is -2.13. The number of ether oxygens (including phenoxy) is 1. The summed E-state index contributed by atoms with van der Waals surface area (Å²) in [5, 5.41) is 0. The van der Waals surface area contributed by atoms with Gasteiger partial charge in [0.25, 0.3) is 0 Å². The summed E-state index contributed by atoms with van der Waals surface area (Å²) in [5.41, 5.74) is 2.92. The second-order valence-electron chi connectivity index (χ2n) is 5.31. The van der Waals surface area contributed by atoms with Crippen LogP contribution in [0.15, 0.2) is 60.7 Å². The number of methoxy groups -OCH3 is 1. The van der Waals surface area contributed by atoms with Gasteiger partial charge in [-0.15, -0.1) is 0 Å². The van der Waals surface area contributed by atoms with Crippen LogP contribution in [-0.2, 0) is 0 Å². The van der Waals surface area contributed by atoms with Gasteiger partial charge in [0.2, 0.25) is 0 Å². The largest absolute Gasteiger partial charge is 0.497 e. The minimum Gasteiger partial charge on any atom is -0.497 e. The van der Waals surface area contributed by atoms with E-state index in [9.17, 15) is 0 Å². The molecule has 0 spiro atoms. The van der Waals surface area contributed by atoms with Gasteiger partial charge in [0, 0.05) is 17.1 Å². The minimum atomic E-state index is 0.822. The number of aryl methyl sites for hydroxylation is 2. The molecule has 0 saturated heterocycles. The van der Waals surface area contributed by atoms with Crippen molar-refractivity contribution in [2.75, 3.05) is 12.0 Å². The van der Waals surface area contributed by atoms with Crippen LogP contribution in [0.4, 0.5) is 17.3 Å². The number of anilines is 3. The Kier molecular flexibility index (Phi) is 4.24. The van der Waals surface area contributed by atoms with Crippen molar-refractivity contribution in [1.29, 1.82) is 0 Å². The van der Waals surface area contributed by atoms with E-state index in [-0.39, 0.29) is 0 Å². The number of benzene rings is 1. The highest BCUT2D eigenvalue weighted by Crippen LogP contribution is 2.32. The zero-order chi connectivity index (χ0) is 16.2. The van der Waals surface area contributed by atoms with Crippen LogP contribution in [0, 0.1) is 13.8 Å². The van der Waals surface area contributed by atoms with Crippen molar-refractivity contribution in [3.63, 3.8) is 0 Å². The van der Waals surface area contributed by atoms with Crippen LogP contribution >= 0.6 is 0 Å². The van der Waals surface area contributed by atoms with Gasteiger partial charge in [0.15, 0.2) is 0 Å². The molecule has 0 unspecified atom stereocenters. The Balaban J connectivity index is 2.12. The van der Waals surface area contributed by atoms with Crippen LogP contribution < -0.4 is 9.64 Å². The van der Waals surface area contributed by atoms with Gasteiger partial charge >= 0.3 is 0 Å². The highest BCUT2D eigenvalue weighted by atomic mass is 16.5. The number of hydrogen-bond donors (Lipinski definition) is 0. The highest BCUT2D eigenvalue weighted by Gasteiger charge is 2.15. The molecule has 0 aliphatic carbocycles. The Hall–Kier alpha value is -2.88. The summed E-state index contributed by atoms with van der Waals surface area (Å²) >= 11 is 0. The fourth-order valence-corrected chi connectivity index (χ4v) is 2.42. The molecule has 4 heteroatoms. The second kappa shape index (κ2) is 6.48. The zero-order valence-electron chi connectivity index (χ0n) is 13.5. The van der Waals surface area contributed by atoms with Crippen molar-refractivity contribution in [2.24, 2.45) is 0 Å². The Morgan fingerprint density at radius 2 is 1.26 bits per heavy atom. The molecule has 0 amide bonds. The van der Waals surface area contributed by atoms with Crippen molar-refractivity contribution < 1.29 is 4.74 Å². The molecule has 0 aliphatic heterocycles. The molecule has 116 valence electrons. The fraction of sp³-hybridized carbons (Fsp3) is 0.158. The van der Waals surface area contributed by atoms with Gasteiger partial charge in [-0.3, -0.25) is 4.90 Å². The summed E-state index contributed by atoms with van der Waals surface area (Å²) in [4.78, 5) is 11.3. The molecule has 23 heavy (non-hydrogen) atoms. The van der Waals surface area contributed by atoms with E-state index in [0.717, 1.165) is 34.5 Å². The SMILES string of the molecule is COc1ccc(N(c2cccc(C)n2)c2cccc(C)n2)cc1. The summed E-state index contributed by atoms with van der Waals surface area (Å²) in [7, 11) is 1.66. The van der Waals surface area contributed by atoms with E-state index in [1.54, 1.807) is 7.11 Å². The third kappa shape index (κ3) is 3.31. The Labute approximate surface area is 136 Å². The van der Waals surface area contributed by atoms with Crippen LogP contribution in [0.3, 0.4) is 0 Å². The monoisotopic (exact) mass is 305 g/mol. The highest BCUT2D eigenvalue weighted by molar-refractivity contribution is 5.72. The fourth-order valence-electron chi connectivity index (χ4n) is 2.42. The number of aromatic nitrogens is 2. The van der Waals surface area contributed by atoms with E-state index in [0.29, 0.717) is 0 Å². The normalized spacial score (nSPS) is 10.4. The Morgan fingerprint density at radius 1 is 0.739 bits per heavy atom. The van der Waals surface area contributed by atoms with E-state index >= 15 is 0 Å². The third-order valence-electron chi connectivity index (χ3n) is 3.54. The van der Waals surface area contributed by atoms with Crippen LogP contribution in [-0.4, -0.2) is 17.1 Å². The first kappa shape index (κ1) is 15.0. The van der Waals surface area contributed by atoms with Gasteiger partial charge < -0.3 is 4.74 Å². The van der Waals surface area contributed by atoms with Gasteiger partial charge in [-0.05, 0) is 62.4 Å². The molecular weight excluding hydrogens is 286 g/mol. The molecule has 0 aliphatic rings. The first-order valence-electron chi connectivity index (χ1n) is 7.49. The molecule has 3 aromatic rings. The van der Waals surface area contributed by atoms with Crippen molar-refractivity contribution >= 4 is 17.3 Å². The van der Waals surface area contributed by atoms with Crippen molar-refractivity contribution in [1.82, 2.24) is 9.97 Å². The van der Waals surface area contributed by atoms with Crippen molar-refractivity contribution in [3.05, 3.63) is 72.1 Å². The van der Waals surface area contributed by atoms with E-state index in [1.807, 2.05) is 79.4 Å². The molecule has 0 fully saturated rings. The third-order valence-corrected chi connectivity index (χ3v) is 3.54. The Morgan fingerprint density at radius 3 is 1.70 bits per heavy atom. The van der Waals surface area contributed by atoms with Gasteiger partial charge in [-0.25, -0.2) is 9.97 Å². The van der Waals surface area contributed by atoms with Gasteiger partial charge in [0.1, 0.15) is 17.4 Å². The Bertz CT molecular complexity index is 754. The molecule has 0 bridgehead atoms. The van der Waals surface area contributed by atoms with Gasteiger partial charge in [0.05, 0.1) is 7.11 Å². The first-order valence-corrected chi connectivity index (χ1v) is 7.49. The summed E-state index contributed by atoms with van der Waals surface area (Å²) in [5.74, 6) is 2.50.